The number of thiophene rings is 2. The van der Waals surface area contributed by atoms with Crippen molar-refractivity contribution < 1.29 is 4.42 Å². The van der Waals surface area contributed by atoms with E-state index in [1.165, 1.54) is 176 Å². The molecule has 5 nitrogen and oxygen atoms in total. The van der Waals surface area contributed by atoms with Crippen molar-refractivity contribution >= 4 is 215 Å². The van der Waals surface area contributed by atoms with E-state index in [0.29, 0.717) is 5.71 Å². The van der Waals surface area contributed by atoms with E-state index in [0.717, 1.165) is 78.0 Å². The van der Waals surface area contributed by atoms with E-state index in [2.05, 4.69) is 351 Å². The fourth-order valence-electron chi connectivity index (χ4n) is 20.3. The molecule has 0 fully saturated rings. The smallest absolute Gasteiger partial charge is 0.229 e. The molecule has 518 valence electrons. The molecule has 0 spiro atoms. The van der Waals surface area contributed by atoms with E-state index in [9.17, 15) is 0 Å². The normalized spacial score (nSPS) is 13.2. The fourth-order valence-corrected chi connectivity index (χ4v) is 22.6. The Labute approximate surface area is 647 Å². The first-order valence-electron chi connectivity index (χ1n) is 38.6. The van der Waals surface area contributed by atoms with E-state index in [-0.39, 0.29) is 0 Å². The van der Waals surface area contributed by atoms with E-state index in [1.54, 1.807) is 0 Å². The van der Waals surface area contributed by atoms with E-state index >= 15 is 0 Å². The average molecular weight is 1460 g/mol. The molecule has 18 aromatic carbocycles. The van der Waals surface area contributed by atoms with Gasteiger partial charge in [0.1, 0.15) is 17.2 Å². The lowest BCUT2D eigenvalue weighted by atomic mass is 9.84. The summed E-state index contributed by atoms with van der Waals surface area (Å²) in [5.74, 6) is 1.70. The van der Waals surface area contributed by atoms with Gasteiger partial charge in [-0.1, -0.05) is 263 Å². The molecule has 7 heterocycles. The SMILES string of the molecule is CC1(C)c2ccc(-c3ccc4c(c3)c3ccccc3c3ccc5c(c34)c3c4ccccc4ccc3n5-c3cc(-c4ccc5c(c4)sc4ccccc45)c4c(n3)oc3ccccc34)cc2-c2c(-c3ccc4c(c3)sc3ccccc34)cc(-n3c4ccc5ccccc5c4c4c5c6ccccc6c6ccccc6c5ccc43)nc21. The third kappa shape index (κ3) is 8.19. The van der Waals surface area contributed by atoms with Crippen LogP contribution in [0.25, 0.3) is 248 Å². The molecule has 0 atom stereocenters. The lowest BCUT2D eigenvalue weighted by Crippen LogP contribution is -2.18. The zero-order chi connectivity index (χ0) is 73.1. The van der Waals surface area contributed by atoms with Gasteiger partial charge in [0.05, 0.1) is 33.1 Å². The molecule has 112 heavy (non-hydrogen) atoms. The van der Waals surface area contributed by atoms with Crippen molar-refractivity contribution in [1.82, 2.24) is 19.1 Å². The van der Waals surface area contributed by atoms with E-state index < -0.39 is 5.41 Å². The molecule has 0 radical (unpaired) electrons. The predicted molar refractivity (Wildman–Crippen MR) is 478 cm³/mol. The molecule has 0 unspecified atom stereocenters. The Balaban J connectivity index is 0.701. The standard InChI is InChI=1S/C105H60N4OS2/c1-105(2)83-46-38-60(52-82(83)97-79(61-36-41-72-70-28-14-17-33-89(70)111-91(72)53-61)55-93(106-103(97)105)108-84-47-39-57-19-3-5-21-63(57)99(84)101-86(108)49-44-75-67-25-8-7-23-65(67)66-24-11-12-30-74(66)95(75)101)59-35-43-77-81(51-59)69-27-10-9-26-68(69)76-45-50-87-102(96(76)77)100-64-22-6-4-20-58(64)40-48-85(100)109(87)94-56-80(98-78-31-13-16-32-88(78)110-104(98)107-94)62-37-42-73-71-29-15-18-34-90(71)112-92(73)54-62/h3-56H,1-2H3. The van der Waals surface area contributed by atoms with Crippen LogP contribution in [0, 0.1) is 0 Å². The highest BCUT2D eigenvalue weighted by atomic mass is 32.1. The first-order chi connectivity index (χ1) is 55.3. The second-order valence-corrected chi connectivity index (χ2v) is 33.4. The van der Waals surface area contributed by atoms with Gasteiger partial charge < -0.3 is 4.42 Å². The number of hydrogen-bond donors (Lipinski definition) is 0. The Hall–Kier alpha value is -13.8. The lowest BCUT2D eigenvalue weighted by molar-refractivity contribution is 0.635. The zero-order valence-electron chi connectivity index (χ0n) is 60.7. The minimum absolute atomic E-state index is 0.487. The highest BCUT2D eigenvalue weighted by Crippen LogP contribution is 2.56. The van der Waals surface area contributed by atoms with Crippen LogP contribution in [0.2, 0.25) is 0 Å². The second-order valence-electron chi connectivity index (χ2n) is 31.3. The molecule has 0 amide bonds. The largest absolute Gasteiger partial charge is 0.438 e. The molecule has 26 rings (SSSR count). The van der Waals surface area contributed by atoms with Crippen LogP contribution in [-0.2, 0) is 5.41 Å². The quantitative estimate of drug-likeness (QED) is 0.161. The van der Waals surface area contributed by atoms with Crippen molar-refractivity contribution in [3.05, 3.63) is 339 Å². The molecule has 1 aliphatic carbocycles. The number of fused-ring (bicyclic) bond motifs is 36. The summed E-state index contributed by atoms with van der Waals surface area (Å²) in [6.07, 6.45) is 0. The molecular formula is C105H60N4OS2. The van der Waals surface area contributed by atoms with Crippen LogP contribution in [0.5, 0.6) is 0 Å². The molecule has 0 saturated heterocycles. The Morgan fingerprint density at radius 3 is 1.27 bits per heavy atom. The number of aromatic nitrogens is 4. The third-order valence-corrected chi connectivity index (χ3v) is 27.5. The number of furan rings is 1. The summed E-state index contributed by atoms with van der Waals surface area (Å²) in [5, 5.41) is 31.7. The summed E-state index contributed by atoms with van der Waals surface area (Å²) in [5.41, 5.74) is 16.9. The summed E-state index contributed by atoms with van der Waals surface area (Å²) in [4.78, 5) is 11.7. The summed E-state index contributed by atoms with van der Waals surface area (Å²) in [6, 6.07) is 123. The topological polar surface area (TPSA) is 48.8 Å². The van der Waals surface area contributed by atoms with Crippen LogP contribution in [0.3, 0.4) is 0 Å². The minimum atomic E-state index is -0.487. The van der Waals surface area contributed by atoms with Crippen LogP contribution < -0.4 is 0 Å². The number of pyridine rings is 2. The summed E-state index contributed by atoms with van der Waals surface area (Å²) in [7, 11) is 0. The van der Waals surface area contributed by atoms with Crippen molar-refractivity contribution in [2.24, 2.45) is 0 Å². The molecule has 7 heteroatoms. The Morgan fingerprint density at radius 1 is 0.268 bits per heavy atom. The van der Waals surface area contributed by atoms with Crippen LogP contribution in [-0.4, -0.2) is 19.1 Å². The molecule has 0 saturated carbocycles. The Bertz CT molecular complexity index is 8600. The van der Waals surface area contributed by atoms with Gasteiger partial charge in [0.25, 0.3) is 0 Å². The monoisotopic (exact) mass is 1460 g/mol. The summed E-state index contributed by atoms with van der Waals surface area (Å²) < 4.78 is 16.9. The van der Waals surface area contributed by atoms with Crippen LogP contribution in [0.1, 0.15) is 25.1 Å². The van der Waals surface area contributed by atoms with Crippen LogP contribution >= 0.6 is 22.7 Å². The van der Waals surface area contributed by atoms with E-state index in [1.807, 2.05) is 22.7 Å². The van der Waals surface area contributed by atoms with Crippen molar-refractivity contribution in [2.75, 3.05) is 0 Å². The number of para-hydroxylation sites is 1. The number of rotatable bonds is 5. The van der Waals surface area contributed by atoms with Crippen molar-refractivity contribution in [2.45, 2.75) is 19.3 Å². The first-order valence-corrected chi connectivity index (χ1v) is 40.2. The van der Waals surface area contributed by atoms with Gasteiger partial charge in [-0.15, -0.1) is 22.7 Å². The van der Waals surface area contributed by atoms with Gasteiger partial charge in [-0.25, -0.2) is 4.98 Å². The number of nitrogens with zero attached hydrogens (tertiary/aromatic N) is 4. The lowest BCUT2D eigenvalue weighted by Gasteiger charge is -2.22. The first kappa shape index (κ1) is 61.1. The number of benzene rings is 18. The summed E-state index contributed by atoms with van der Waals surface area (Å²) >= 11 is 3.72. The van der Waals surface area contributed by atoms with Gasteiger partial charge in [0.15, 0.2) is 0 Å². The van der Waals surface area contributed by atoms with Gasteiger partial charge in [-0.3, -0.25) is 9.13 Å². The molecule has 0 aliphatic heterocycles. The average Bonchev–Trinajstić information content (AvgIpc) is 1.53. The van der Waals surface area contributed by atoms with Crippen molar-refractivity contribution in [1.29, 1.82) is 0 Å². The van der Waals surface area contributed by atoms with Gasteiger partial charge >= 0.3 is 0 Å². The second kappa shape index (κ2) is 22.2. The molecule has 1 aliphatic rings. The van der Waals surface area contributed by atoms with Crippen molar-refractivity contribution in [3.8, 4) is 56.1 Å². The summed E-state index contributed by atoms with van der Waals surface area (Å²) in [6.45, 7) is 4.79. The predicted octanol–water partition coefficient (Wildman–Crippen LogP) is 29.8. The third-order valence-electron chi connectivity index (χ3n) is 25.2. The maximum atomic E-state index is 6.87. The zero-order valence-corrected chi connectivity index (χ0v) is 62.3. The highest BCUT2D eigenvalue weighted by molar-refractivity contribution is 7.26. The fraction of sp³-hybridized carbons (Fsp3) is 0.0286. The number of hydrogen-bond acceptors (Lipinski definition) is 5. The molecular weight excluding hydrogens is 1400 g/mol. The molecule has 25 aromatic rings. The Morgan fingerprint density at radius 2 is 0.670 bits per heavy atom. The van der Waals surface area contributed by atoms with Crippen molar-refractivity contribution in [3.63, 3.8) is 0 Å². The highest BCUT2D eigenvalue weighted by Gasteiger charge is 2.40. The maximum Gasteiger partial charge on any atom is 0.229 e. The van der Waals surface area contributed by atoms with Gasteiger partial charge in [-0.05, 0) is 199 Å². The van der Waals surface area contributed by atoms with Gasteiger partial charge in [0, 0.05) is 89.0 Å². The van der Waals surface area contributed by atoms with E-state index in [4.69, 9.17) is 14.4 Å². The maximum absolute atomic E-state index is 6.87. The minimum Gasteiger partial charge on any atom is -0.438 e. The molecule has 7 aromatic heterocycles. The Kier molecular flexibility index (Phi) is 12.1. The molecule has 0 N–H and O–H groups in total. The van der Waals surface area contributed by atoms with Crippen LogP contribution in [0.4, 0.5) is 0 Å². The molecule has 0 bridgehead atoms. The van der Waals surface area contributed by atoms with Crippen LogP contribution in [0.15, 0.2) is 332 Å². The van der Waals surface area contributed by atoms with Gasteiger partial charge in [0.2, 0.25) is 5.71 Å². The van der Waals surface area contributed by atoms with Gasteiger partial charge in [-0.2, -0.15) is 4.98 Å².